The first-order chi connectivity index (χ1) is 27.9. The van der Waals surface area contributed by atoms with Gasteiger partial charge in [-0.25, -0.2) is 0 Å². The molecule has 9 nitrogen and oxygen atoms in total. The van der Waals surface area contributed by atoms with Crippen molar-refractivity contribution in [3.63, 3.8) is 0 Å². The van der Waals surface area contributed by atoms with Crippen molar-refractivity contribution in [1.82, 2.24) is 4.90 Å². The van der Waals surface area contributed by atoms with Gasteiger partial charge in [-0.15, -0.1) is 0 Å². The largest absolute Gasteiger partial charge is 2.00 e. The van der Waals surface area contributed by atoms with E-state index in [4.69, 9.17) is 14.5 Å². The number of carbonyl (C=O) groups excluding carboxylic acids is 1. The zero-order valence-electron chi connectivity index (χ0n) is 31.7. The molecule has 1 heterocycles. The standard InChI is InChI=1S/C48H45N3O6.Ni/c52-46(38-27-28-42(56-32-35-18-7-2-8-19-35)43(30-38)57-33-36-20-9-3-10-21-36)45(48(54)55)50-44(37-22-11-4-12-23-37)39-24-13-14-25-40(39)49-47(53)41-26-15-29-51(41)31-34-16-5-1-6-17-34;/h1-14,16-25,27-28,30,41,45-46,52H,15,26,29,31-33H2,(H,49,53)(H,54,55);/q;+2/p-2/t41-,45+,46-;/m1./s1. The van der Waals surface area contributed by atoms with Crippen molar-refractivity contribution in [2.45, 2.75) is 50.8 Å². The van der Waals surface area contributed by atoms with E-state index in [-0.39, 0.29) is 46.9 Å². The summed E-state index contributed by atoms with van der Waals surface area (Å²) in [5, 5.41) is 38.6. The predicted octanol–water partition coefficient (Wildman–Crippen LogP) is 6.59. The van der Waals surface area contributed by atoms with Crippen LogP contribution in [0.4, 0.5) is 5.69 Å². The maximum absolute atomic E-state index is 13.9. The molecular weight excluding hydrogens is 773 g/mol. The molecule has 0 aliphatic carbocycles. The Labute approximate surface area is 348 Å². The van der Waals surface area contributed by atoms with Crippen LogP contribution in [0.5, 0.6) is 11.5 Å². The van der Waals surface area contributed by atoms with E-state index in [9.17, 15) is 20.1 Å². The van der Waals surface area contributed by atoms with Crippen molar-refractivity contribution in [1.29, 1.82) is 0 Å². The van der Waals surface area contributed by atoms with E-state index in [1.54, 1.807) is 54.6 Å². The molecule has 0 aromatic heterocycles. The van der Waals surface area contributed by atoms with Gasteiger partial charge in [0.2, 0.25) is 0 Å². The average molecular weight is 817 g/mol. The fraction of sp³-hybridized carbons (Fsp3) is 0.188. The van der Waals surface area contributed by atoms with E-state index < -0.39 is 24.2 Å². The number of aliphatic hydroxyl groups is 1. The Kier molecular flexibility index (Phi) is 14.6. The molecule has 10 heteroatoms. The maximum Gasteiger partial charge on any atom is 2.00 e. The Morgan fingerprint density at radius 1 is 0.707 bits per heavy atom. The van der Waals surface area contributed by atoms with E-state index in [1.807, 2.05) is 109 Å². The second-order valence-corrected chi connectivity index (χ2v) is 13.9. The SMILES string of the molecule is O=C([O-])[C@@H](N=C(c1ccccc1)c1ccccc1N=C([O-])[C@H]1CCCN1Cc1ccccc1)[C@H](O)c1ccc(OCc2ccccc2)c(OCc2ccccc2)c1.[Ni+2]. The summed E-state index contributed by atoms with van der Waals surface area (Å²) in [6.45, 7) is 1.90. The number of ether oxygens (including phenoxy) is 2. The van der Waals surface area contributed by atoms with Crippen molar-refractivity contribution in [3.05, 3.63) is 197 Å². The van der Waals surface area contributed by atoms with Gasteiger partial charge in [-0.2, -0.15) is 0 Å². The van der Waals surface area contributed by atoms with Gasteiger partial charge in [0.15, 0.2) is 11.5 Å². The average Bonchev–Trinajstić information content (AvgIpc) is 3.72. The van der Waals surface area contributed by atoms with Crippen molar-refractivity contribution in [2.24, 2.45) is 9.98 Å². The van der Waals surface area contributed by atoms with Crippen molar-refractivity contribution >= 4 is 23.3 Å². The Morgan fingerprint density at radius 2 is 1.26 bits per heavy atom. The summed E-state index contributed by atoms with van der Waals surface area (Å²) in [6, 6.07) is 48.1. The van der Waals surface area contributed by atoms with Crippen LogP contribution in [0.3, 0.4) is 0 Å². The summed E-state index contributed by atoms with van der Waals surface area (Å²) in [4.78, 5) is 24.4. The van der Waals surface area contributed by atoms with Gasteiger partial charge in [-0.3, -0.25) is 14.9 Å². The molecule has 1 fully saturated rings. The molecule has 3 atom stereocenters. The number of nitrogens with zero attached hydrogens (tertiary/aromatic N) is 3. The van der Waals surface area contributed by atoms with Crippen LogP contribution in [0.15, 0.2) is 174 Å². The van der Waals surface area contributed by atoms with Crippen molar-refractivity contribution in [3.8, 4) is 11.5 Å². The second kappa shape index (κ2) is 20.4. The van der Waals surface area contributed by atoms with Crippen LogP contribution in [0, 0.1) is 0 Å². The first-order valence-corrected chi connectivity index (χ1v) is 19.1. The molecule has 0 spiro atoms. The molecular formula is C48H43N3NiO6. The third-order valence-corrected chi connectivity index (χ3v) is 9.91. The number of aliphatic imine (C=N–C) groups is 2. The molecule has 7 rings (SSSR count). The summed E-state index contributed by atoms with van der Waals surface area (Å²) in [5.41, 5.74) is 4.84. The van der Waals surface area contributed by atoms with Crippen LogP contribution in [-0.2, 0) is 41.0 Å². The molecule has 1 aliphatic heterocycles. The molecule has 1 N–H and O–H groups in total. The Hall–Kier alpha value is -6.06. The van der Waals surface area contributed by atoms with Crippen LogP contribution >= 0.6 is 0 Å². The molecule has 0 saturated carbocycles. The van der Waals surface area contributed by atoms with E-state index in [1.165, 1.54) is 0 Å². The number of carbonyl (C=O) groups is 1. The normalized spacial score (nSPS) is 15.6. The predicted molar refractivity (Wildman–Crippen MR) is 217 cm³/mol. The molecule has 296 valence electrons. The molecule has 58 heavy (non-hydrogen) atoms. The molecule has 1 saturated heterocycles. The van der Waals surface area contributed by atoms with Crippen LogP contribution in [-0.4, -0.2) is 46.2 Å². The molecule has 0 unspecified atom stereocenters. The molecule has 6 aromatic carbocycles. The van der Waals surface area contributed by atoms with Gasteiger partial charge in [-0.05, 0) is 65.7 Å². The summed E-state index contributed by atoms with van der Waals surface area (Å²) < 4.78 is 12.4. The minimum absolute atomic E-state index is 0. The number of hydrogen-bond donors (Lipinski definition) is 1. The van der Waals surface area contributed by atoms with Crippen LogP contribution in [0.2, 0.25) is 0 Å². The molecule has 1 aliphatic rings. The minimum atomic E-state index is -1.75. The quantitative estimate of drug-likeness (QED) is 0.0664. The first kappa shape index (κ1) is 41.6. The minimum Gasteiger partial charge on any atom is -0.861 e. The summed E-state index contributed by atoms with van der Waals surface area (Å²) >= 11 is 0. The number of likely N-dealkylation sites (tertiary alicyclic amines) is 1. The van der Waals surface area contributed by atoms with Crippen molar-refractivity contribution < 1.29 is 46.1 Å². The molecule has 0 amide bonds. The molecule has 6 aromatic rings. The van der Waals surface area contributed by atoms with E-state index in [2.05, 4.69) is 9.89 Å². The van der Waals surface area contributed by atoms with Gasteiger partial charge in [0, 0.05) is 23.7 Å². The number of carboxylic acids is 1. The van der Waals surface area contributed by atoms with Gasteiger partial charge in [0.1, 0.15) is 25.4 Å². The molecule has 0 radical (unpaired) electrons. The van der Waals surface area contributed by atoms with Gasteiger partial charge in [0.05, 0.1) is 17.4 Å². The summed E-state index contributed by atoms with van der Waals surface area (Å²) in [7, 11) is 0. The first-order valence-electron chi connectivity index (χ1n) is 19.1. The zero-order valence-corrected chi connectivity index (χ0v) is 32.7. The maximum atomic E-state index is 13.9. The number of hydrogen-bond acceptors (Lipinski definition) is 9. The number of aliphatic hydroxyl groups excluding tert-OH is 1. The van der Waals surface area contributed by atoms with Gasteiger partial charge < -0.3 is 29.6 Å². The number of benzene rings is 6. The van der Waals surface area contributed by atoms with Gasteiger partial charge in [-0.1, -0.05) is 146 Å². The van der Waals surface area contributed by atoms with E-state index in [0.717, 1.165) is 29.7 Å². The van der Waals surface area contributed by atoms with Gasteiger partial charge in [0.25, 0.3) is 0 Å². The number of para-hydroxylation sites is 1. The second-order valence-electron chi connectivity index (χ2n) is 13.9. The van der Waals surface area contributed by atoms with Crippen molar-refractivity contribution in [2.75, 3.05) is 6.54 Å². The van der Waals surface area contributed by atoms with Gasteiger partial charge >= 0.3 is 16.5 Å². The topological polar surface area (TPSA) is 130 Å². The summed E-state index contributed by atoms with van der Waals surface area (Å²) in [6.07, 6.45) is -0.0865. The Morgan fingerprint density at radius 3 is 1.88 bits per heavy atom. The Balaban J connectivity index is 0.00000567. The van der Waals surface area contributed by atoms with Crippen LogP contribution in [0.1, 0.15) is 52.3 Å². The monoisotopic (exact) mass is 815 g/mol. The molecule has 0 bridgehead atoms. The summed E-state index contributed by atoms with van der Waals surface area (Å²) in [5.74, 6) is -1.11. The fourth-order valence-corrected chi connectivity index (χ4v) is 6.96. The van der Waals surface area contributed by atoms with Crippen LogP contribution in [0.25, 0.3) is 0 Å². The number of aliphatic carboxylic acids is 1. The van der Waals surface area contributed by atoms with Crippen LogP contribution < -0.4 is 19.7 Å². The number of rotatable bonds is 16. The number of carboxylic acid groups (broad SMARTS) is 1. The third kappa shape index (κ3) is 10.7. The van der Waals surface area contributed by atoms with E-state index >= 15 is 0 Å². The zero-order chi connectivity index (χ0) is 39.4. The Bertz CT molecular complexity index is 2290. The smallest absolute Gasteiger partial charge is 0.861 e. The third-order valence-electron chi connectivity index (χ3n) is 9.91. The fourth-order valence-electron chi connectivity index (χ4n) is 6.96. The van der Waals surface area contributed by atoms with E-state index in [0.29, 0.717) is 41.3 Å².